The van der Waals surface area contributed by atoms with Crippen LogP contribution in [0.5, 0.6) is 0 Å². The molecule has 1 aromatic carbocycles. The van der Waals surface area contributed by atoms with E-state index in [0.29, 0.717) is 12.3 Å². The van der Waals surface area contributed by atoms with Gasteiger partial charge >= 0.3 is 5.97 Å². The SMILES string of the molecule is C=CC(=O)N(C)CC(=O)N1[C@H](C(=O)OCc2ccccc2)C[C@@H]2CCC[C@@H]21. The summed E-state index contributed by atoms with van der Waals surface area (Å²) in [5.41, 5.74) is 0.915. The average Bonchev–Trinajstić information content (AvgIpc) is 3.27. The van der Waals surface area contributed by atoms with Crippen molar-refractivity contribution in [3.8, 4) is 0 Å². The highest BCUT2D eigenvalue weighted by molar-refractivity contribution is 5.92. The third kappa shape index (κ3) is 4.21. The van der Waals surface area contributed by atoms with E-state index < -0.39 is 6.04 Å². The second-order valence-electron chi connectivity index (χ2n) is 7.30. The molecule has 0 bridgehead atoms. The average molecular weight is 370 g/mol. The zero-order chi connectivity index (χ0) is 19.4. The summed E-state index contributed by atoms with van der Waals surface area (Å²) < 4.78 is 5.50. The number of fused-ring (bicyclic) bond motifs is 1. The summed E-state index contributed by atoms with van der Waals surface area (Å²) in [5, 5.41) is 0. The lowest BCUT2D eigenvalue weighted by molar-refractivity contribution is -0.156. The van der Waals surface area contributed by atoms with Crippen LogP contribution in [0.4, 0.5) is 0 Å². The zero-order valence-corrected chi connectivity index (χ0v) is 15.7. The van der Waals surface area contributed by atoms with Gasteiger partial charge in [-0.1, -0.05) is 43.3 Å². The Morgan fingerprint density at radius 1 is 1.26 bits per heavy atom. The minimum absolute atomic E-state index is 0.0590. The lowest BCUT2D eigenvalue weighted by atomic mass is 10.0. The van der Waals surface area contributed by atoms with Crippen molar-refractivity contribution in [3.63, 3.8) is 0 Å². The lowest BCUT2D eigenvalue weighted by Crippen LogP contribution is -2.49. The highest BCUT2D eigenvalue weighted by Gasteiger charge is 2.49. The van der Waals surface area contributed by atoms with Crippen LogP contribution < -0.4 is 0 Å². The molecule has 3 rings (SSSR count). The van der Waals surface area contributed by atoms with Gasteiger partial charge in [-0.15, -0.1) is 0 Å². The first-order valence-electron chi connectivity index (χ1n) is 9.40. The van der Waals surface area contributed by atoms with Crippen LogP contribution >= 0.6 is 0 Å². The van der Waals surface area contributed by atoms with Gasteiger partial charge in [-0.3, -0.25) is 9.59 Å². The number of carbonyl (C=O) groups is 3. The molecule has 1 aromatic rings. The van der Waals surface area contributed by atoms with E-state index in [-0.39, 0.29) is 37.0 Å². The minimum Gasteiger partial charge on any atom is -0.459 e. The zero-order valence-electron chi connectivity index (χ0n) is 15.7. The Morgan fingerprint density at radius 2 is 2.00 bits per heavy atom. The Morgan fingerprint density at radius 3 is 2.70 bits per heavy atom. The molecule has 6 nitrogen and oxygen atoms in total. The van der Waals surface area contributed by atoms with E-state index in [1.54, 1.807) is 11.9 Å². The van der Waals surface area contributed by atoms with Gasteiger partial charge in [-0.05, 0) is 36.8 Å². The molecule has 0 spiro atoms. The summed E-state index contributed by atoms with van der Waals surface area (Å²) in [6.07, 6.45) is 4.81. The number of likely N-dealkylation sites (tertiary alicyclic amines) is 1. The fourth-order valence-corrected chi connectivity index (χ4v) is 4.20. The second-order valence-corrected chi connectivity index (χ2v) is 7.30. The number of benzene rings is 1. The van der Waals surface area contributed by atoms with Crippen LogP contribution in [0.15, 0.2) is 43.0 Å². The molecule has 6 heteroatoms. The van der Waals surface area contributed by atoms with Crippen LogP contribution in [0.25, 0.3) is 0 Å². The smallest absolute Gasteiger partial charge is 0.329 e. The molecule has 1 heterocycles. The van der Waals surface area contributed by atoms with Gasteiger partial charge in [0.25, 0.3) is 0 Å². The predicted octanol–water partition coefficient (Wildman–Crippen LogP) is 2.14. The quantitative estimate of drug-likeness (QED) is 0.568. The van der Waals surface area contributed by atoms with Gasteiger partial charge in [-0.25, -0.2) is 4.79 Å². The molecule has 2 aliphatic rings. The van der Waals surface area contributed by atoms with Gasteiger partial charge in [0.1, 0.15) is 12.6 Å². The summed E-state index contributed by atoms with van der Waals surface area (Å²) in [4.78, 5) is 40.3. The molecule has 1 saturated carbocycles. The summed E-state index contributed by atoms with van der Waals surface area (Å²) in [7, 11) is 1.56. The van der Waals surface area contributed by atoms with E-state index in [1.165, 1.54) is 11.0 Å². The molecular formula is C21H26N2O4. The van der Waals surface area contributed by atoms with Crippen LogP contribution in [0.3, 0.4) is 0 Å². The van der Waals surface area contributed by atoms with Crippen LogP contribution in [-0.2, 0) is 25.7 Å². The topological polar surface area (TPSA) is 66.9 Å². The fraction of sp³-hybridized carbons (Fsp3) is 0.476. The summed E-state index contributed by atoms with van der Waals surface area (Å²) >= 11 is 0. The Hall–Kier alpha value is -2.63. The van der Waals surface area contributed by atoms with Crippen molar-refractivity contribution >= 4 is 17.8 Å². The van der Waals surface area contributed by atoms with E-state index in [0.717, 1.165) is 24.8 Å². The van der Waals surface area contributed by atoms with Gasteiger partial charge in [0.05, 0.1) is 6.54 Å². The molecule has 0 unspecified atom stereocenters. The third-order valence-electron chi connectivity index (χ3n) is 5.55. The van der Waals surface area contributed by atoms with E-state index in [2.05, 4.69) is 6.58 Å². The van der Waals surface area contributed by atoms with Crippen LogP contribution in [0, 0.1) is 5.92 Å². The van der Waals surface area contributed by atoms with Gasteiger partial charge < -0.3 is 14.5 Å². The molecule has 1 aliphatic heterocycles. The predicted molar refractivity (Wildman–Crippen MR) is 100 cm³/mol. The van der Waals surface area contributed by atoms with Crippen molar-refractivity contribution < 1.29 is 19.1 Å². The molecular weight excluding hydrogens is 344 g/mol. The molecule has 144 valence electrons. The number of hydrogen-bond acceptors (Lipinski definition) is 4. The maximum absolute atomic E-state index is 12.9. The molecule has 0 N–H and O–H groups in total. The lowest BCUT2D eigenvalue weighted by Gasteiger charge is -2.30. The fourth-order valence-electron chi connectivity index (χ4n) is 4.20. The number of amides is 2. The van der Waals surface area contributed by atoms with Gasteiger partial charge in [0.15, 0.2) is 0 Å². The van der Waals surface area contributed by atoms with Crippen molar-refractivity contribution in [1.82, 2.24) is 9.80 Å². The number of ether oxygens (including phenoxy) is 1. The van der Waals surface area contributed by atoms with E-state index in [4.69, 9.17) is 4.74 Å². The molecule has 0 aromatic heterocycles. The van der Waals surface area contributed by atoms with Crippen molar-refractivity contribution in [2.45, 2.75) is 44.4 Å². The van der Waals surface area contributed by atoms with Crippen LogP contribution in [-0.4, -0.2) is 53.3 Å². The van der Waals surface area contributed by atoms with Crippen molar-refractivity contribution in [3.05, 3.63) is 48.6 Å². The Balaban J connectivity index is 1.68. The monoisotopic (exact) mass is 370 g/mol. The van der Waals surface area contributed by atoms with E-state index >= 15 is 0 Å². The number of rotatable bonds is 6. The molecule has 3 atom stereocenters. The number of likely N-dealkylation sites (N-methyl/N-ethyl adjacent to an activating group) is 1. The summed E-state index contributed by atoms with van der Waals surface area (Å²) in [5.74, 6) is -0.541. The van der Waals surface area contributed by atoms with E-state index in [9.17, 15) is 14.4 Å². The van der Waals surface area contributed by atoms with Crippen molar-refractivity contribution in [2.75, 3.05) is 13.6 Å². The number of esters is 1. The molecule has 1 saturated heterocycles. The Kier molecular flexibility index (Phi) is 5.94. The van der Waals surface area contributed by atoms with Crippen LogP contribution in [0.2, 0.25) is 0 Å². The molecule has 0 radical (unpaired) electrons. The van der Waals surface area contributed by atoms with Gasteiger partial charge in [-0.2, -0.15) is 0 Å². The molecule has 2 amide bonds. The van der Waals surface area contributed by atoms with Gasteiger partial charge in [0, 0.05) is 13.1 Å². The Bertz CT molecular complexity index is 718. The largest absolute Gasteiger partial charge is 0.459 e. The first kappa shape index (κ1) is 19.1. The van der Waals surface area contributed by atoms with Crippen molar-refractivity contribution in [1.29, 1.82) is 0 Å². The summed E-state index contributed by atoms with van der Waals surface area (Å²) in [6.45, 7) is 3.58. The molecule has 27 heavy (non-hydrogen) atoms. The number of hydrogen-bond donors (Lipinski definition) is 0. The second kappa shape index (κ2) is 8.37. The van der Waals surface area contributed by atoms with Crippen molar-refractivity contribution in [2.24, 2.45) is 5.92 Å². The molecule has 1 aliphatic carbocycles. The van der Waals surface area contributed by atoms with Gasteiger partial charge in [0.2, 0.25) is 11.8 Å². The maximum atomic E-state index is 12.9. The maximum Gasteiger partial charge on any atom is 0.329 e. The summed E-state index contributed by atoms with van der Waals surface area (Å²) in [6, 6.07) is 9.00. The molecule has 2 fully saturated rings. The highest BCUT2D eigenvalue weighted by Crippen LogP contribution is 2.41. The third-order valence-corrected chi connectivity index (χ3v) is 5.55. The van der Waals surface area contributed by atoms with Crippen LogP contribution in [0.1, 0.15) is 31.2 Å². The standard InChI is InChI=1S/C21H26N2O4/c1-3-19(24)22(2)13-20(25)23-17-11-7-10-16(17)12-18(23)21(26)27-14-15-8-5-4-6-9-15/h3-6,8-9,16-18H,1,7,10-14H2,2H3/t16-,17-,18-/m0/s1. The van der Waals surface area contributed by atoms with E-state index in [1.807, 2.05) is 30.3 Å². The first-order valence-corrected chi connectivity index (χ1v) is 9.40. The highest BCUT2D eigenvalue weighted by atomic mass is 16.5. The number of nitrogens with zero attached hydrogens (tertiary/aromatic N) is 2. The number of carbonyl (C=O) groups excluding carboxylic acids is 3. The first-order chi connectivity index (χ1) is 13.0. The minimum atomic E-state index is -0.566. The normalized spacial score (nSPS) is 23.6. The Labute approximate surface area is 159 Å².